The van der Waals surface area contributed by atoms with E-state index in [1.165, 1.54) is 11.1 Å². The first-order valence-electron chi connectivity index (χ1n) is 12.0. The summed E-state index contributed by atoms with van der Waals surface area (Å²) in [6.07, 6.45) is 0.686. The molecule has 0 bridgehead atoms. The third-order valence-corrected chi connectivity index (χ3v) is 6.54. The first kappa shape index (κ1) is 25.0. The van der Waals surface area contributed by atoms with Crippen molar-refractivity contribution in [3.05, 3.63) is 94.7 Å². The van der Waals surface area contributed by atoms with E-state index in [-0.39, 0.29) is 5.91 Å². The highest BCUT2D eigenvalue weighted by Crippen LogP contribution is 2.28. The van der Waals surface area contributed by atoms with E-state index in [0.29, 0.717) is 30.2 Å². The Balaban J connectivity index is 1.63. The molecular weight excluding hydrogens is 450 g/mol. The molecule has 0 radical (unpaired) electrons. The zero-order valence-corrected chi connectivity index (χ0v) is 21.8. The van der Waals surface area contributed by atoms with Gasteiger partial charge in [-0.2, -0.15) is 5.10 Å². The number of hydrogen-bond acceptors (Lipinski definition) is 4. The highest BCUT2D eigenvalue weighted by atomic mass is 16.5. The van der Waals surface area contributed by atoms with Crippen molar-refractivity contribution in [1.82, 2.24) is 14.7 Å². The van der Waals surface area contributed by atoms with Gasteiger partial charge in [0.15, 0.2) is 11.5 Å². The number of amides is 1. The number of aryl methyl sites for hydroxylation is 3. The third-order valence-electron chi connectivity index (χ3n) is 6.54. The topological polar surface area (TPSA) is 56.6 Å². The predicted molar refractivity (Wildman–Crippen MR) is 143 cm³/mol. The first-order chi connectivity index (χ1) is 17.3. The van der Waals surface area contributed by atoms with Gasteiger partial charge < -0.3 is 14.4 Å². The molecule has 0 aliphatic heterocycles. The van der Waals surface area contributed by atoms with Crippen molar-refractivity contribution < 1.29 is 14.3 Å². The van der Waals surface area contributed by atoms with Gasteiger partial charge >= 0.3 is 0 Å². The van der Waals surface area contributed by atoms with Gasteiger partial charge in [-0.15, -0.1) is 0 Å². The van der Waals surface area contributed by atoms with Crippen LogP contribution < -0.4 is 9.47 Å². The Bertz CT molecular complexity index is 1370. The van der Waals surface area contributed by atoms with Crippen LogP contribution in [0.3, 0.4) is 0 Å². The summed E-state index contributed by atoms with van der Waals surface area (Å²) in [5.74, 6) is 1.28. The van der Waals surface area contributed by atoms with Crippen LogP contribution >= 0.6 is 0 Å². The van der Waals surface area contributed by atoms with Gasteiger partial charge in [0.05, 0.1) is 25.6 Å². The number of likely N-dealkylation sites (N-methyl/N-ethyl adjacent to an activating group) is 1. The Morgan fingerprint density at radius 1 is 0.861 bits per heavy atom. The van der Waals surface area contributed by atoms with Crippen LogP contribution in [0.15, 0.2) is 66.7 Å². The Kier molecular flexibility index (Phi) is 7.44. The minimum absolute atomic E-state index is 0.0846. The zero-order valence-electron chi connectivity index (χ0n) is 21.8. The van der Waals surface area contributed by atoms with Crippen LogP contribution in [-0.2, 0) is 6.42 Å². The average Bonchev–Trinajstić information content (AvgIpc) is 3.34. The van der Waals surface area contributed by atoms with Gasteiger partial charge in [-0.05, 0) is 80.3 Å². The van der Waals surface area contributed by atoms with Crippen molar-refractivity contribution in [3.63, 3.8) is 0 Å². The molecule has 4 rings (SSSR count). The summed E-state index contributed by atoms with van der Waals surface area (Å²) in [4.78, 5) is 15.4. The summed E-state index contributed by atoms with van der Waals surface area (Å²) in [6.45, 7) is 6.77. The second-order valence-corrected chi connectivity index (χ2v) is 9.13. The van der Waals surface area contributed by atoms with Crippen LogP contribution in [0.4, 0.5) is 0 Å². The SMILES string of the molecule is COc1ccc(CCN(C)C(=O)c2cc(-c3ccc(C)c(C)c3)nn2-c2ccc(C)cc2)cc1OC. The number of nitrogens with zero attached hydrogens (tertiary/aromatic N) is 3. The van der Waals surface area contributed by atoms with Gasteiger partial charge in [0.1, 0.15) is 5.69 Å². The van der Waals surface area contributed by atoms with Gasteiger partial charge in [0.2, 0.25) is 0 Å². The van der Waals surface area contributed by atoms with E-state index < -0.39 is 0 Å². The molecule has 0 saturated heterocycles. The molecule has 0 spiro atoms. The fraction of sp³-hybridized carbons (Fsp3) is 0.267. The molecule has 1 aromatic heterocycles. The lowest BCUT2D eigenvalue weighted by molar-refractivity contribution is 0.0787. The van der Waals surface area contributed by atoms with Crippen molar-refractivity contribution in [1.29, 1.82) is 0 Å². The largest absolute Gasteiger partial charge is 0.493 e. The Labute approximate surface area is 213 Å². The number of hydrogen-bond donors (Lipinski definition) is 0. The Morgan fingerprint density at radius 3 is 2.25 bits per heavy atom. The molecule has 0 unspecified atom stereocenters. The lowest BCUT2D eigenvalue weighted by atomic mass is 10.0. The quantitative estimate of drug-likeness (QED) is 0.318. The molecule has 0 aliphatic carbocycles. The molecule has 6 nitrogen and oxygen atoms in total. The van der Waals surface area contributed by atoms with Crippen molar-refractivity contribution in [2.75, 3.05) is 27.8 Å². The van der Waals surface area contributed by atoms with E-state index >= 15 is 0 Å². The number of carbonyl (C=O) groups excluding carboxylic acids is 1. The lowest BCUT2D eigenvalue weighted by Crippen LogP contribution is -2.30. The Morgan fingerprint density at radius 2 is 1.58 bits per heavy atom. The minimum Gasteiger partial charge on any atom is -0.493 e. The van der Waals surface area contributed by atoms with Crippen LogP contribution in [0.2, 0.25) is 0 Å². The minimum atomic E-state index is -0.0846. The van der Waals surface area contributed by atoms with E-state index in [4.69, 9.17) is 14.6 Å². The summed E-state index contributed by atoms with van der Waals surface area (Å²) in [5, 5.41) is 4.85. The molecule has 0 fully saturated rings. The lowest BCUT2D eigenvalue weighted by Gasteiger charge is -2.18. The van der Waals surface area contributed by atoms with E-state index in [1.54, 1.807) is 23.8 Å². The Hall–Kier alpha value is -4.06. The average molecular weight is 484 g/mol. The second-order valence-electron chi connectivity index (χ2n) is 9.13. The van der Waals surface area contributed by atoms with Crippen LogP contribution in [0.1, 0.15) is 32.7 Å². The maximum atomic E-state index is 13.6. The second kappa shape index (κ2) is 10.7. The smallest absolute Gasteiger partial charge is 0.272 e. The number of ether oxygens (including phenoxy) is 2. The van der Waals surface area contributed by atoms with Crippen LogP contribution in [0, 0.1) is 20.8 Å². The van der Waals surface area contributed by atoms with E-state index in [0.717, 1.165) is 28.1 Å². The monoisotopic (exact) mass is 483 g/mol. The predicted octanol–water partition coefficient (Wildman–Crippen LogP) is 5.80. The number of aromatic nitrogens is 2. The molecular formula is C30H33N3O3. The standard InChI is InChI=1S/C30H33N3O3/c1-20-7-12-25(13-8-20)33-27(19-26(31-33)24-11-9-21(2)22(3)17-24)30(34)32(4)16-15-23-10-14-28(35-5)29(18-23)36-6/h7-14,17-19H,15-16H2,1-6H3. The van der Waals surface area contributed by atoms with E-state index in [1.807, 2.05) is 62.5 Å². The molecule has 4 aromatic rings. The van der Waals surface area contributed by atoms with Crippen molar-refractivity contribution in [2.45, 2.75) is 27.2 Å². The number of rotatable bonds is 8. The highest BCUT2D eigenvalue weighted by molar-refractivity contribution is 5.94. The zero-order chi connectivity index (χ0) is 25.8. The number of methoxy groups -OCH3 is 2. The molecule has 1 heterocycles. The summed E-state index contributed by atoms with van der Waals surface area (Å²) < 4.78 is 12.5. The molecule has 3 aromatic carbocycles. The first-order valence-corrected chi connectivity index (χ1v) is 12.0. The normalized spacial score (nSPS) is 10.8. The fourth-order valence-electron chi connectivity index (χ4n) is 4.09. The molecule has 0 N–H and O–H groups in total. The van der Waals surface area contributed by atoms with Crippen molar-refractivity contribution in [2.24, 2.45) is 0 Å². The van der Waals surface area contributed by atoms with Gasteiger partial charge in [-0.1, -0.05) is 35.9 Å². The van der Waals surface area contributed by atoms with Crippen LogP contribution in [0.5, 0.6) is 11.5 Å². The van der Waals surface area contributed by atoms with Gasteiger partial charge in [-0.25, -0.2) is 4.68 Å². The van der Waals surface area contributed by atoms with Gasteiger partial charge in [0, 0.05) is 19.2 Å². The molecule has 0 saturated carbocycles. The fourth-order valence-corrected chi connectivity index (χ4v) is 4.09. The summed E-state index contributed by atoms with van der Waals surface area (Å²) in [7, 11) is 5.06. The molecule has 186 valence electrons. The molecule has 36 heavy (non-hydrogen) atoms. The summed E-state index contributed by atoms with van der Waals surface area (Å²) in [5.41, 5.74) is 7.78. The van der Waals surface area contributed by atoms with Crippen LogP contribution in [0.25, 0.3) is 16.9 Å². The van der Waals surface area contributed by atoms with E-state index in [2.05, 4.69) is 32.0 Å². The molecule has 1 amide bonds. The number of benzene rings is 3. The highest BCUT2D eigenvalue weighted by Gasteiger charge is 2.21. The third kappa shape index (κ3) is 5.28. The molecule has 0 aliphatic rings. The summed E-state index contributed by atoms with van der Waals surface area (Å²) >= 11 is 0. The van der Waals surface area contributed by atoms with Crippen LogP contribution in [-0.4, -0.2) is 48.4 Å². The van der Waals surface area contributed by atoms with Crippen molar-refractivity contribution in [3.8, 4) is 28.4 Å². The number of carbonyl (C=O) groups is 1. The van der Waals surface area contributed by atoms with Gasteiger partial charge in [0.25, 0.3) is 5.91 Å². The summed E-state index contributed by atoms with van der Waals surface area (Å²) in [6, 6.07) is 22.0. The van der Waals surface area contributed by atoms with Gasteiger partial charge in [-0.3, -0.25) is 4.79 Å². The molecule has 0 atom stereocenters. The van der Waals surface area contributed by atoms with E-state index in [9.17, 15) is 4.79 Å². The maximum Gasteiger partial charge on any atom is 0.272 e. The maximum absolute atomic E-state index is 13.6. The molecule has 6 heteroatoms. The van der Waals surface area contributed by atoms with Crippen molar-refractivity contribution >= 4 is 5.91 Å².